The van der Waals surface area contributed by atoms with Crippen molar-refractivity contribution in [2.45, 2.75) is 5.92 Å². The van der Waals surface area contributed by atoms with E-state index in [-0.39, 0.29) is 5.92 Å². The first-order chi connectivity index (χ1) is 21.4. The van der Waals surface area contributed by atoms with Crippen LogP contribution in [-0.2, 0) is 0 Å². The van der Waals surface area contributed by atoms with Gasteiger partial charge in [0.25, 0.3) is 0 Å². The number of rotatable bonds is 5. The topological polar surface area (TPSA) is 0 Å². The molecule has 43 heavy (non-hydrogen) atoms. The van der Waals surface area contributed by atoms with E-state index < -0.39 is 0 Å². The fraction of sp³-hybridized carbons (Fsp3) is 0.0233. The van der Waals surface area contributed by atoms with Crippen molar-refractivity contribution in [3.8, 4) is 22.3 Å². The van der Waals surface area contributed by atoms with E-state index in [1.165, 1.54) is 72.4 Å². The Morgan fingerprint density at radius 3 is 1.35 bits per heavy atom. The van der Waals surface area contributed by atoms with E-state index in [4.69, 9.17) is 0 Å². The molecule has 0 heterocycles. The first-order valence-corrected chi connectivity index (χ1v) is 15.0. The minimum atomic E-state index is 0.167. The van der Waals surface area contributed by atoms with E-state index in [1.807, 2.05) is 0 Å². The third-order valence-electron chi connectivity index (χ3n) is 8.83. The van der Waals surface area contributed by atoms with E-state index in [1.54, 1.807) is 0 Å². The molecule has 6 aromatic carbocycles. The molecule has 0 nitrogen and oxygen atoms in total. The number of hydrogen-bond acceptors (Lipinski definition) is 0. The smallest absolute Gasteiger partial charge is 0.0358 e. The fourth-order valence-electron chi connectivity index (χ4n) is 6.98. The van der Waals surface area contributed by atoms with Gasteiger partial charge in [-0.25, -0.2) is 0 Å². The van der Waals surface area contributed by atoms with Crippen LogP contribution in [0.2, 0.25) is 0 Å². The molecule has 0 fully saturated rings. The molecule has 8 rings (SSSR count). The van der Waals surface area contributed by atoms with Crippen molar-refractivity contribution in [1.82, 2.24) is 0 Å². The Morgan fingerprint density at radius 2 is 0.814 bits per heavy atom. The summed E-state index contributed by atoms with van der Waals surface area (Å²) in [4.78, 5) is 0. The predicted molar refractivity (Wildman–Crippen MR) is 182 cm³/mol. The molecule has 2 aliphatic rings. The summed E-state index contributed by atoms with van der Waals surface area (Å²) >= 11 is 0. The van der Waals surface area contributed by atoms with Crippen LogP contribution in [0.4, 0.5) is 0 Å². The molecule has 202 valence electrons. The van der Waals surface area contributed by atoms with Crippen molar-refractivity contribution < 1.29 is 0 Å². The third-order valence-corrected chi connectivity index (χ3v) is 8.83. The van der Waals surface area contributed by atoms with Crippen molar-refractivity contribution in [2.75, 3.05) is 0 Å². The highest BCUT2D eigenvalue weighted by atomic mass is 14.3. The molecule has 0 aromatic heterocycles. The molecule has 0 unspecified atom stereocenters. The molecule has 0 N–H and O–H groups in total. The van der Waals surface area contributed by atoms with Crippen molar-refractivity contribution in [3.05, 3.63) is 209 Å². The van der Waals surface area contributed by atoms with Crippen LogP contribution in [0.1, 0.15) is 39.3 Å². The summed E-state index contributed by atoms with van der Waals surface area (Å²) in [5, 5.41) is 0. The maximum absolute atomic E-state index is 2.34. The average Bonchev–Trinajstić information content (AvgIpc) is 3.59. The average molecular weight is 547 g/mol. The fourth-order valence-corrected chi connectivity index (χ4v) is 6.98. The zero-order chi connectivity index (χ0) is 28.6. The number of allylic oxidation sites excluding steroid dienone is 5. The Balaban J connectivity index is 1.34. The van der Waals surface area contributed by atoms with Gasteiger partial charge >= 0.3 is 0 Å². The molecule has 0 radical (unpaired) electrons. The van der Waals surface area contributed by atoms with Gasteiger partial charge in [0.05, 0.1) is 0 Å². The Bertz CT molecular complexity index is 1960. The second-order valence-electron chi connectivity index (χ2n) is 11.2. The molecule has 0 amide bonds. The van der Waals surface area contributed by atoms with Crippen LogP contribution in [0.25, 0.3) is 39.0 Å². The highest BCUT2D eigenvalue weighted by Crippen LogP contribution is 2.51. The standard InChI is InChI=1S/C43H30/c1-3-16-30(17-4-1)32(42-38-24-11-7-20-34(38)35-21-8-12-25-39(35)42)28-15-29-33(31-18-5-2-6-19-31)43-40-26-13-9-22-36(40)37-23-10-14-27-41(37)43/h1-29,42H/b29-15+,32-28+. The quantitative estimate of drug-likeness (QED) is 0.188. The zero-order valence-electron chi connectivity index (χ0n) is 23.8. The van der Waals surface area contributed by atoms with Crippen LogP contribution in [0.3, 0.4) is 0 Å². The Hall–Kier alpha value is -5.46. The minimum absolute atomic E-state index is 0.167. The van der Waals surface area contributed by atoms with E-state index in [9.17, 15) is 0 Å². The highest BCUT2D eigenvalue weighted by Gasteiger charge is 2.31. The summed E-state index contributed by atoms with van der Waals surface area (Å²) in [6.07, 6.45) is 6.93. The molecular formula is C43H30. The largest absolute Gasteiger partial charge is 0.0622 e. The monoisotopic (exact) mass is 546 g/mol. The van der Waals surface area contributed by atoms with Crippen molar-refractivity contribution in [1.29, 1.82) is 0 Å². The molecule has 0 spiro atoms. The molecule has 0 aliphatic heterocycles. The molecule has 0 atom stereocenters. The van der Waals surface area contributed by atoms with Gasteiger partial charge in [-0.15, -0.1) is 0 Å². The van der Waals surface area contributed by atoms with E-state index in [0.717, 1.165) is 0 Å². The summed E-state index contributed by atoms with van der Waals surface area (Å²) in [7, 11) is 0. The van der Waals surface area contributed by atoms with Crippen LogP contribution in [0.5, 0.6) is 0 Å². The summed E-state index contributed by atoms with van der Waals surface area (Å²) in [6, 6.07) is 57.0. The lowest BCUT2D eigenvalue weighted by molar-refractivity contribution is 1.09. The summed E-state index contributed by atoms with van der Waals surface area (Å²) in [5.41, 5.74) is 16.9. The van der Waals surface area contributed by atoms with Gasteiger partial charge in [0.1, 0.15) is 0 Å². The first kappa shape index (κ1) is 25.3. The van der Waals surface area contributed by atoms with Crippen LogP contribution in [0.15, 0.2) is 176 Å². The van der Waals surface area contributed by atoms with E-state index >= 15 is 0 Å². The van der Waals surface area contributed by atoms with Crippen LogP contribution >= 0.6 is 0 Å². The van der Waals surface area contributed by atoms with Crippen LogP contribution in [-0.4, -0.2) is 0 Å². The van der Waals surface area contributed by atoms with Crippen molar-refractivity contribution in [2.24, 2.45) is 0 Å². The summed E-state index contributed by atoms with van der Waals surface area (Å²) < 4.78 is 0. The number of benzene rings is 6. The second kappa shape index (κ2) is 10.7. The number of hydrogen-bond donors (Lipinski definition) is 0. The predicted octanol–water partition coefficient (Wildman–Crippen LogP) is 11.1. The molecule has 0 heteroatoms. The van der Waals surface area contributed by atoms with E-state index in [0.29, 0.717) is 0 Å². The zero-order valence-corrected chi connectivity index (χ0v) is 23.8. The van der Waals surface area contributed by atoms with Crippen LogP contribution < -0.4 is 0 Å². The van der Waals surface area contributed by atoms with E-state index in [2.05, 4.69) is 176 Å². The minimum Gasteiger partial charge on any atom is -0.0622 e. The van der Waals surface area contributed by atoms with Crippen molar-refractivity contribution >= 4 is 16.7 Å². The molecule has 0 saturated carbocycles. The molecule has 0 saturated heterocycles. The lowest BCUT2D eigenvalue weighted by atomic mass is 9.84. The van der Waals surface area contributed by atoms with Gasteiger partial charge < -0.3 is 0 Å². The maximum atomic E-state index is 2.34. The Labute approximate surface area is 253 Å². The Morgan fingerprint density at radius 1 is 0.395 bits per heavy atom. The first-order valence-electron chi connectivity index (χ1n) is 15.0. The normalized spacial score (nSPS) is 13.5. The highest BCUT2D eigenvalue weighted by molar-refractivity contribution is 6.12. The van der Waals surface area contributed by atoms with Crippen molar-refractivity contribution in [3.63, 3.8) is 0 Å². The SMILES string of the molecule is C(/C=C/C(=C1c2ccccc2-c2ccccc21)c1ccccc1)=C(/c1ccccc1)C1c2ccccc2-c2ccccc21. The second-order valence-corrected chi connectivity index (χ2v) is 11.2. The summed E-state index contributed by atoms with van der Waals surface area (Å²) in [6.45, 7) is 0. The van der Waals surface area contributed by atoms with Gasteiger partial charge in [-0.3, -0.25) is 0 Å². The molecule has 0 bridgehead atoms. The maximum Gasteiger partial charge on any atom is 0.0358 e. The lowest BCUT2D eigenvalue weighted by Gasteiger charge is -2.19. The lowest BCUT2D eigenvalue weighted by Crippen LogP contribution is -2.01. The van der Waals surface area contributed by atoms with Crippen LogP contribution in [0, 0.1) is 0 Å². The number of fused-ring (bicyclic) bond motifs is 6. The van der Waals surface area contributed by atoms with Gasteiger partial charge in [0.15, 0.2) is 0 Å². The molecule has 2 aliphatic carbocycles. The molecular weight excluding hydrogens is 516 g/mol. The van der Waals surface area contributed by atoms with Gasteiger partial charge in [0.2, 0.25) is 0 Å². The van der Waals surface area contributed by atoms with Gasteiger partial charge in [-0.1, -0.05) is 176 Å². The van der Waals surface area contributed by atoms with Gasteiger partial charge in [-0.2, -0.15) is 0 Å². The Kier molecular flexibility index (Phi) is 6.31. The third kappa shape index (κ3) is 4.31. The van der Waals surface area contributed by atoms with Gasteiger partial charge in [0, 0.05) is 5.92 Å². The van der Waals surface area contributed by atoms with Gasteiger partial charge in [-0.05, 0) is 72.4 Å². The molecule has 6 aromatic rings. The summed E-state index contributed by atoms with van der Waals surface area (Å²) in [5.74, 6) is 0.167.